The molecule has 168 valence electrons. The van der Waals surface area contributed by atoms with Crippen LogP contribution in [-0.2, 0) is 21.2 Å². The fourth-order valence-electron chi connectivity index (χ4n) is 3.50. The van der Waals surface area contributed by atoms with E-state index in [9.17, 15) is 13.2 Å². The SMILES string of the molecule is COc1ccc(C)cc1S(=O)(=O)N[C@H](Cc1ccccc1)C(=O)Nc1c(C)cccc1C. The van der Waals surface area contributed by atoms with Crippen molar-refractivity contribution in [3.05, 3.63) is 89.0 Å². The average molecular weight is 453 g/mol. The Labute approximate surface area is 189 Å². The number of benzene rings is 3. The second-order valence-electron chi connectivity index (χ2n) is 7.77. The third kappa shape index (κ3) is 5.55. The van der Waals surface area contributed by atoms with Crippen LogP contribution in [0.4, 0.5) is 5.69 Å². The van der Waals surface area contributed by atoms with Gasteiger partial charge in [-0.05, 0) is 61.6 Å². The predicted octanol–water partition coefficient (Wildman–Crippen LogP) is 4.15. The van der Waals surface area contributed by atoms with Gasteiger partial charge < -0.3 is 10.1 Å². The molecule has 2 N–H and O–H groups in total. The van der Waals surface area contributed by atoms with Gasteiger partial charge in [0.2, 0.25) is 15.9 Å². The Morgan fingerprint density at radius 3 is 2.22 bits per heavy atom. The molecule has 0 saturated heterocycles. The zero-order valence-corrected chi connectivity index (χ0v) is 19.5. The Balaban J connectivity index is 1.96. The Hall–Kier alpha value is -3.16. The summed E-state index contributed by atoms with van der Waals surface area (Å²) in [6, 6.07) is 18.9. The molecule has 32 heavy (non-hydrogen) atoms. The summed E-state index contributed by atoms with van der Waals surface area (Å²) >= 11 is 0. The van der Waals surface area contributed by atoms with Crippen LogP contribution < -0.4 is 14.8 Å². The zero-order chi connectivity index (χ0) is 23.3. The molecule has 0 aliphatic rings. The number of amides is 1. The summed E-state index contributed by atoms with van der Waals surface area (Å²) in [7, 11) is -2.62. The summed E-state index contributed by atoms with van der Waals surface area (Å²) in [5.41, 5.74) is 4.10. The van der Waals surface area contributed by atoms with E-state index in [0.29, 0.717) is 5.69 Å². The lowest BCUT2D eigenvalue weighted by Crippen LogP contribution is -2.45. The number of sulfonamides is 1. The second-order valence-corrected chi connectivity index (χ2v) is 9.46. The lowest BCUT2D eigenvalue weighted by molar-refractivity contribution is -0.117. The molecule has 3 aromatic carbocycles. The van der Waals surface area contributed by atoms with Gasteiger partial charge in [-0.25, -0.2) is 8.42 Å². The van der Waals surface area contributed by atoms with Gasteiger partial charge in [-0.15, -0.1) is 0 Å². The highest BCUT2D eigenvalue weighted by atomic mass is 32.2. The van der Waals surface area contributed by atoms with E-state index in [2.05, 4.69) is 10.0 Å². The molecule has 0 aliphatic heterocycles. The van der Waals surface area contributed by atoms with E-state index in [1.54, 1.807) is 19.1 Å². The summed E-state index contributed by atoms with van der Waals surface area (Å²) in [4.78, 5) is 13.3. The number of ether oxygens (including phenoxy) is 1. The van der Waals surface area contributed by atoms with Crippen LogP contribution in [0, 0.1) is 20.8 Å². The van der Waals surface area contributed by atoms with E-state index in [-0.39, 0.29) is 17.1 Å². The van der Waals surface area contributed by atoms with Gasteiger partial charge in [0.25, 0.3) is 0 Å². The molecular formula is C25H28N2O4S. The number of aryl methyl sites for hydroxylation is 3. The van der Waals surface area contributed by atoms with Gasteiger partial charge in [0.15, 0.2) is 0 Å². The summed E-state index contributed by atoms with van der Waals surface area (Å²) in [6.45, 7) is 5.60. The van der Waals surface area contributed by atoms with Crippen molar-refractivity contribution in [1.82, 2.24) is 4.72 Å². The minimum atomic E-state index is -4.04. The number of anilines is 1. The first-order valence-corrected chi connectivity index (χ1v) is 11.8. The Bertz CT molecular complexity index is 1190. The molecule has 1 amide bonds. The van der Waals surface area contributed by atoms with E-state index in [4.69, 9.17) is 4.74 Å². The van der Waals surface area contributed by atoms with Gasteiger partial charge in [-0.1, -0.05) is 54.6 Å². The summed E-state index contributed by atoms with van der Waals surface area (Å²) in [5, 5.41) is 2.92. The highest BCUT2D eigenvalue weighted by molar-refractivity contribution is 7.89. The van der Waals surface area contributed by atoms with Crippen LogP contribution in [0.25, 0.3) is 0 Å². The molecule has 7 heteroatoms. The molecule has 3 rings (SSSR count). The molecule has 0 unspecified atom stereocenters. The van der Waals surface area contributed by atoms with Crippen molar-refractivity contribution in [2.24, 2.45) is 0 Å². The quantitative estimate of drug-likeness (QED) is 0.538. The molecule has 0 spiro atoms. The third-order valence-electron chi connectivity index (χ3n) is 5.23. The molecule has 1 atom stereocenters. The first-order chi connectivity index (χ1) is 15.2. The maximum atomic E-state index is 13.3. The lowest BCUT2D eigenvalue weighted by atomic mass is 10.0. The minimum absolute atomic E-state index is 0.00191. The maximum absolute atomic E-state index is 13.3. The van der Waals surface area contributed by atoms with Gasteiger partial charge >= 0.3 is 0 Å². The molecule has 0 saturated carbocycles. The number of hydrogen-bond donors (Lipinski definition) is 2. The van der Waals surface area contributed by atoms with Crippen LogP contribution in [0.2, 0.25) is 0 Å². The third-order valence-corrected chi connectivity index (χ3v) is 6.73. The summed E-state index contributed by atoms with van der Waals surface area (Å²) in [6.07, 6.45) is 0.199. The van der Waals surface area contributed by atoms with Crippen molar-refractivity contribution in [1.29, 1.82) is 0 Å². The number of nitrogens with one attached hydrogen (secondary N) is 2. The van der Waals surface area contributed by atoms with E-state index in [1.165, 1.54) is 13.2 Å². The van der Waals surface area contributed by atoms with Gasteiger partial charge in [0.05, 0.1) is 7.11 Å². The van der Waals surface area contributed by atoms with E-state index in [0.717, 1.165) is 22.3 Å². The Morgan fingerprint density at radius 2 is 1.59 bits per heavy atom. The fourth-order valence-corrected chi connectivity index (χ4v) is 4.95. The van der Waals surface area contributed by atoms with Gasteiger partial charge in [-0.3, -0.25) is 4.79 Å². The van der Waals surface area contributed by atoms with Crippen LogP contribution in [0.1, 0.15) is 22.3 Å². The van der Waals surface area contributed by atoms with Crippen LogP contribution in [0.3, 0.4) is 0 Å². The number of carbonyl (C=O) groups is 1. The Kier molecular flexibility index (Phi) is 7.33. The topological polar surface area (TPSA) is 84.5 Å². The van der Waals surface area contributed by atoms with E-state index in [1.807, 2.05) is 62.4 Å². The normalized spacial score (nSPS) is 12.2. The smallest absolute Gasteiger partial charge is 0.245 e. The maximum Gasteiger partial charge on any atom is 0.245 e. The van der Waals surface area contributed by atoms with Crippen molar-refractivity contribution >= 4 is 21.6 Å². The predicted molar refractivity (Wildman–Crippen MR) is 127 cm³/mol. The summed E-state index contributed by atoms with van der Waals surface area (Å²) in [5.74, 6) is -0.210. The van der Waals surface area contributed by atoms with Crippen molar-refractivity contribution in [3.63, 3.8) is 0 Å². The van der Waals surface area contributed by atoms with Crippen molar-refractivity contribution < 1.29 is 17.9 Å². The van der Waals surface area contributed by atoms with Crippen molar-refractivity contribution in [2.45, 2.75) is 38.1 Å². The van der Waals surface area contributed by atoms with Crippen molar-refractivity contribution in [3.8, 4) is 5.75 Å². The van der Waals surface area contributed by atoms with Crippen LogP contribution in [0.15, 0.2) is 71.6 Å². The number of para-hydroxylation sites is 1. The van der Waals surface area contributed by atoms with Crippen LogP contribution >= 0.6 is 0 Å². The molecule has 0 heterocycles. The second kappa shape index (κ2) is 9.97. The first kappa shape index (κ1) is 23.5. The largest absolute Gasteiger partial charge is 0.495 e. The highest BCUT2D eigenvalue weighted by Crippen LogP contribution is 2.26. The van der Waals surface area contributed by atoms with Gasteiger partial charge in [-0.2, -0.15) is 4.72 Å². The van der Waals surface area contributed by atoms with Crippen LogP contribution in [-0.4, -0.2) is 27.5 Å². The summed E-state index contributed by atoms with van der Waals surface area (Å²) < 4.78 is 34.4. The number of rotatable bonds is 8. The molecule has 3 aromatic rings. The zero-order valence-electron chi connectivity index (χ0n) is 18.7. The van der Waals surface area contributed by atoms with E-state index < -0.39 is 22.0 Å². The van der Waals surface area contributed by atoms with Gasteiger partial charge in [0.1, 0.15) is 16.7 Å². The molecule has 6 nitrogen and oxygen atoms in total. The molecular weight excluding hydrogens is 424 g/mol. The van der Waals surface area contributed by atoms with Gasteiger partial charge in [0, 0.05) is 5.69 Å². The molecule has 0 aromatic heterocycles. The van der Waals surface area contributed by atoms with Crippen molar-refractivity contribution in [2.75, 3.05) is 12.4 Å². The number of hydrogen-bond acceptors (Lipinski definition) is 4. The fraction of sp³-hybridized carbons (Fsp3) is 0.240. The lowest BCUT2D eigenvalue weighted by Gasteiger charge is -2.21. The minimum Gasteiger partial charge on any atom is -0.495 e. The first-order valence-electron chi connectivity index (χ1n) is 10.3. The molecule has 0 radical (unpaired) electrons. The van der Waals surface area contributed by atoms with E-state index >= 15 is 0 Å². The number of methoxy groups -OCH3 is 1. The molecule has 0 fully saturated rings. The van der Waals surface area contributed by atoms with Crippen LogP contribution in [0.5, 0.6) is 5.75 Å². The highest BCUT2D eigenvalue weighted by Gasteiger charge is 2.29. The monoisotopic (exact) mass is 452 g/mol. The Morgan fingerprint density at radius 1 is 0.938 bits per heavy atom. The number of carbonyl (C=O) groups excluding carboxylic acids is 1. The standard InChI is InChI=1S/C25H28N2O4S/c1-17-13-14-22(31-4)23(15-17)32(29,30)27-21(16-20-11-6-5-7-12-20)25(28)26-24-18(2)9-8-10-19(24)3/h5-15,21,27H,16H2,1-4H3,(H,26,28)/t21-/m1/s1. The molecule has 0 aliphatic carbocycles. The average Bonchev–Trinajstić information content (AvgIpc) is 2.76. The molecule has 0 bridgehead atoms.